The highest BCUT2D eigenvalue weighted by Gasteiger charge is 2.09. The standard InChI is InChI=1S/C15H15N3O/c1-10-11(2)18(9-16-10)15-7-12(8-19)13-5-3-4-6-14(13)17-15/h3-7,9,19H,8H2,1-2H3. The Morgan fingerprint density at radius 2 is 2.00 bits per heavy atom. The van der Waals surface area contributed by atoms with Gasteiger partial charge in [0, 0.05) is 11.1 Å². The first kappa shape index (κ1) is 11.9. The van der Waals surface area contributed by atoms with Crippen LogP contribution in [0.15, 0.2) is 36.7 Å². The maximum atomic E-state index is 9.53. The normalized spacial score (nSPS) is 11.1. The van der Waals surface area contributed by atoms with Gasteiger partial charge in [-0.15, -0.1) is 0 Å². The van der Waals surface area contributed by atoms with Crippen LogP contribution >= 0.6 is 0 Å². The summed E-state index contributed by atoms with van der Waals surface area (Å²) in [7, 11) is 0. The maximum absolute atomic E-state index is 9.53. The van der Waals surface area contributed by atoms with Gasteiger partial charge in [0.05, 0.1) is 17.8 Å². The van der Waals surface area contributed by atoms with Gasteiger partial charge in [-0.3, -0.25) is 4.57 Å². The highest BCUT2D eigenvalue weighted by atomic mass is 16.3. The van der Waals surface area contributed by atoms with Gasteiger partial charge in [0.2, 0.25) is 0 Å². The third kappa shape index (κ3) is 1.90. The molecule has 1 aromatic carbocycles. The molecule has 0 atom stereocenters. The lowest BCUT2D eigenvalue weighted by atomic mass is 10.1. The minimum absolute atomic E-state index is 0.00274. The molecule has 2 heterocycles. The van der Waals surface area contributed by atoms with Crippen molar-refractivity contribution in [3.8, 4) is 5.82 Å². The number of aryl methyl sites for hydroxylation is 1. The van der Waals surface area contributed by atoms with Crippen LogP contribution in [0.1, 0.15) is 17.0 Å². The van der Waals surface area contributed by atoms with E-state index in [4.69, 9.17) is 0 Å². The minimum atomic E-state index is 0.00274. The van der Waals surface area contributed by atoms with Crippen LogP contribution in [0.3, 0.4) is 0 Å². The number of aromatic nitrogens is 3. The molecule has 0 saturated heterocycles. The lowest BCUT2D eigenvalue weighted by molar-refractivity contribution is 0.283. The van der Waals surface area contributed by atoms with Gasteiger partial charge < -0.3 is 5.11 Å². The molecule has 0 aliphatic carbocycles. The first-order valence-electron chi connectivity index (χ1n) is 6.21. The molecule has 96 valence electrons. The summed E-state index contributed by atoms with van der Waals surface area (Å²) in [4.78, 5) is 8.93. The number of rotatable bonds is 2. The van der Waals surface area contributed by atoms with Crippen molar-refractivity contribution < 1.29 is 5.11 Å². The molecule has 1 N–H and O–H groups in total. The van der Waals surface area contributed by atoms with E-state index in [1.807, 2.05) is 48.7 Å². The van der Waals surface area contributed by atoms with E-state index in [-0.39, 0.29) is 6.61 Å². The Morgan fingerprint density at radius 3 is 2.68 bits per heavy atom. The van der Waals surface area contributed by atoms with Gasteiger partial charge in [0.15, 0.2) is 0 Å². The number of hydrogen-bond acceptors (Lipinski definition) is 3. The SMILES string of the molecule is Cc1ncn(-c2cc(CO)c3ccccc3n2)c1C. The van der Waals surface area contributed by atoms with Gasteiger partial charge in [-0.25, -0.2) is 9.97 Å². The van der Waals surface area contributed by atoms with Gasteiger partial charge >= 0.3 is 0 Å². The smallest absolute Gasteiger partial charge is 0.139 e. The Labute approximate surface area is 111 Å². The highest BCUT2D eigenvalue weighted by Crippen LogP contribution is 2.21. The number of hydrogen-bond donors (Lipinski definition) is 1. The first-order chi connectivity index (χ1) is 9.20. The van der Waals surface area contributed by atoms with E-state index in [9.17, 15) is 5.11 Å². The van der Waals surface area contributed by atoms with E-state index in [0.717, 1.165) is 33.7 Å². The zero-order chi connectivity index (χ0) is 13.4. The second kappa shape index (κ2) is 4.48. The van der Waals surface area contributed by atoms with E-state index in [0.29, 0.717) is 0 Å². The van der Waals surface area contributed by atoms with Crippen LogP contribution in [-0.2, 0) is 6.61 Å². The molecular formula is C15H15N3O. The zero-order valence-electron chi connectivity index (χ0n) is 11.0. The van der Waals surface area contributed by atoms with Gasteiger partial charge in [0.25, 0.3) is 0 Å². The Hall–Kier alpha value is -2.20. The van der Waals surface area contributed by atoms with Gasteiger partial charge in [-0.1, -0.05) is 18.2 Å². The molecule has 4 heteroatoms. The quantitative estimate of drug-likeness (QED) is 0.763. The molecule has 3 aromatic rings. The van der Waals surface area contributed by atoms with E-state index in [1.54, 1.807) is 6.33 Å². The van der Waals surface area contributed by atoms with Gasteiger partial charge in [-0.2, -0.15) is 0 Å². The number of fused-ring (bicyclic) bond motifs is 1. The minimum Gasteiger partial charge on any atom is -0.392 e. The number of aliphatic hydroxyl groups excluding tert-OH is 1. The lowest BCUT2D eigenvalue weighted by Gasteiger charge is -2.09. The highest BCUT2D eigenvalue weighted by molar-refractivity contribution is 5.83. The third-order valence-electron chi connectivity index (χ3n) is 3.46. The summed E-state index contributed by atoms with van der Waals surface area (Å²) >= 11 is 0. The van der Waals surface area contributed by atoms with E-state index < -0.39 is 0 Å². The van der Waals surface area contributed by atoms with Crippen LogP contribution < -0.4 is 0 Å². The number of imidazole rings is 1. The molecule has 0 saturated carbocycles. The Morgan fingerprint density at radius 1 is 1.21 bits per heavy atom. The Bertz CT molecular complexity index is 746. The molecule has 0 spiro atoms. The van der Waals surface area contributed by atoms with Crippen LogP contribution in [0.4, 0.5) is 0 Å². The summed E-state index contributed by atoms with van der Waals surface area (Å²) in [5.41, 5.74) is 3.81. The monoisotopic (exact) mass is 253 g/mol. The van der Waals surface area contributed by atoms with Crippen LogP contribution in [0.25, 0.3) is 16.7 Å². The molecule has 3 rings (SSSR count). The zero-order valence-corrected chi connectivity index (χ0v) is 11.0. The second-order valence-electron chi connectivity index (χ2n) is 4.60. The summed E-state index contributed by atoms with van der Waals surface area (Å²) in [5, 5.41) is 10.5. The van der Waals surface area contributed by atoms with Crippen molar-refractivity contribution in [1.82, 2.24) is 14.5 Å². The van der Waals surface area contributed by atoms with Gasteiger partial charge in [-0.05, 0) is 31.5 Å². The van der Waals surface area contributed by atoms with E-state index in [1.165, 1.54) is 0 Å². The number of nitrogens with zero attached hydrogens (tertiary/aromatic N) is 3. The lowest BCUT2D eigenvalue weighted by Crippen LogP contribution is -2.01. The molecule has 0 radical (unpaired) electrons. The molecule has 4 nitrogen and oxygen atoms in total. The number of para-hydroxylation sites is 1. The Balaban J connectivity index is 2.28. The largest absolute Gasteiger partial charge is 0.392 e. The summed E-state index contributed by atoms with van der Waals surface area (Å²) in [6, 6.07) is 9.75. The molecule has 0 aliphatic rings. The van der Waals surface area contributed by atoms with Crippen LogP contribution in [0, 0.1) is 13.8 Å². The van der Waals surface area contributed by atoms with Crippen molar-refractivity contribution in [3.05, 3.63) is 53.6 Å². The van der Waals surface area contributed by atoms with Crippen molar-refractivity contribution in [2.24, 2.45) is 0 Å². The predicted octanol–water partition coefficient (Wildman–Crippen LogP) is 2.53. The van der Waals surface area contributed by atoms with Gasteiger partial charge in [0.1, 0.15) is 12.1 Å². The average Bonchev–Trinajstić information content (AvgIpc) is 2.78. The fraction of sp³-hybridized carbons (Fsp3) is 0.200. The van der Waals surface area contributed by atoms with Crippen LogP contribution in [0.2, 0.25) is 0 Å². The van der Waals surface area contributed by atoms with E-state index in [2.05, 4.69) is 9.97 Å². The Kier molecular flexibility index (Phi) is 2.80. The molecule has 0 aliphatic heterocycles. The fourth-order valence-corrected chi connectivity index (χ4v) is 2.22. The average molecular weight is 253 g/mol. The molecule has 0 bridgehead atoms. The second-order valence-corrected chi connectivity index (χ2v) is 4.60. The van der Waals surface area contributed by atoms with Crippen molar-refractivity contribution in [1.29, 1.82) is 0 Å². The molecule has 0 amide bonds. The molecule has 2 aromatic heterocycles. The summed E-state index contributed by atoms with van der Waals surface area (Å²) in [6.07, 6.45) is 1.77. The molecular weight excluding hydrogens is 238 g/mol. The molecule has 0 unspecified atom stereocenters. The van der Waals surface area contributed by atoms with Crippen molar-refractivity contribution >= 4 is 10.9 Å². The van der Waals surface area contributed by atoms with Crippen LogP contribution in [-0.4, -0.2) is 19.6 Å². The number of pyridine rings is 1. The summed E-state index contributed by atoms with van der Waals surface area (Å²) in [5.74, 6) is 0.792. The van der Waals surface area contributed by atoms with Crippen molar-refractivity contribution in [2.75, 3.05) is 0 Å². The summed E-state index contributed by atoms with van der Waals surface area (Å²) < 4.78 is 1.95. The fourth-order valence-electron chi connectivity index (χ4n) is 2.22. The van der Waals surface area contributed by atoms with Crippen molar-refractivity contribution in [3.63, 3.8) is 0 Å². The maximum Gasteiger partial charge on any atom is 0.139 e. The predicted molar refractivity (Wildman–Crippen MR) is 74.3 cm³/mol. The topological polar surface area (TPSA) is 50.9 Å². The first-order valence-corrected chi connectivity index (χ1v) is 6.21. The molecule has 19 heavy (non-hydrogen) atoms. The number of benzene rings is 1. The molecule has 0 fully saturated rings. The summed E-state index contributed by atoms with van der Waals surface area (Å²) in [6.45, 7) is 3.99. The van der Waals surface area contributed by atoms with Crippen LogP contribution in [0.5, 0.6) is 0 Å². The van der Waals surface area contributed by atoms with E-state index >= 15 is 0 Å². The van der Waals surface area contributed by atoms with Crippen molar-refractivity contribution in [2.45, 2.75) is 20.5 Å². The third-order valence-corrected chi connectivity index (χ3v) is 3.46. The number of aliphatic hydroxyl groups is 1.